The molecule has 0 bridgehead atoms. The zero-order valence-corrected chi connectivity index (χ0v) is 17.4. The first-order valence-corrected chi connectivity index (χ1v) is 11.0. The van der Waals surface area contributed by atoms with Crippen LogP contribution in [-0.2, 0) is 28.1 Å². The number of ether oxygens (including phenoxy) is 5. The number of hydrogen-bond donors (Lipinski definition) is 4. The first-order chi connectivity index (χ1) is 12.9. The summed E-state index contributed by atoms with van der Waals surface area (Å²) >= 11 is 0. The molecule has 0 aromatic heterocycles. The highest BCUT2D eigenvalue weighted by atomic mass is 28.4. The average Bonchev–Trinajstić information content (AvgIpc) is 2.63. The maximum Gasteiger partial charge on any atom is 0.498 e. The van der Waals surface area contributed by atoms with E-state index in [-0.39, 0.29) is 64.5 Å². The van der Waals surface area contributed by atoms with E-state index in [1.807, 2.05) is 0 Å². The van der Waals surface area contributed by atoms with Gasteiger partial charge in [0, 0.05) is 5.54 Å². The number of hydrogen-bond acceptors (Lipinski definition) is 10. The lowest BCUT2D eigenvalue weighted by Crippen LogP contribution is -2.43. The summed E-state index contributed by atoms with van der Waals surface area (Å²) in [6, 6.07) is 0. The van der Waals surface area contributed by atoms with Crippen LogP contribution in [0.15, 0.2) is 0 Å². The van der Waals surface area contributed by atoms with Gasteiger partial charge in [-0.15, -0.1) is 0 Å². The Morgan fingerprint density at radius 1 is 0.667 bits per heavy atom. The predicted octanol–water partition coefficient (Wildman–Crippen LogP) is -1.23. The Labute approximate surface area is 162 Å². The van der Waals surface area contributed by atoms with Crippen LogP contribution in [0.1, 0.15) is 13.8 Å². The summed E-state index contributed by atoms with van der Waals surface area (Å²) in [5.41, 5.74) is -0.325. The van der Waals surface area contributed by atoms with Gasteiger partial charge in [0.25, 0.3) is 0 Å². The molecule has 0 aromatic carbocycles. The van der Waals surface area contributed by atoms with E-state index in [1.54, 1.807) is 13.8 Å². The van der Waals surface area contributed by atoms with Gasteiger partial charge in [0.2, 0.25) is 0 Å². The third-order valence-corrected chi connectivity index (χ3v) is 5.46. The SMILES string of the molecule is CC(C)[Si](O)(O)OCCOCC(COCCOCCO)OCCOCCO. The highest BCUT2D eigenvalue weighted by Crippen LogP contribution is 2.15. The summed E-state index contributed by atoms with van der Waals surface area (Å²) in [6.07, 6.45) is -0.337. The van der Waals surface area contributed by atoms with E-state index in [1.165, 1.54) is 0 Å². The van der Waals surface area contributed by atoms with Crippen LogP contribution in [0.5, 0.6) is 0 Å². The highest BCUT2D eigenvalue weighted by molar-refractivity contribution is 6.59. The largest absolute Gasteiger partial charge is 0.498 e. The van der Waals surface area contributed by atoms with E-state index in [0.29, 0.717) is 26.4 Å². The molecule has 11 heteroatoms. The minimum atomic E-state index is -3.63. The van der Waals surface area contributed by atoms with Crippen molar-refractivity contribution in [3.63, 3.8) is 0 Å². The first-order valence-electron chi connectivity index (χ1n) is 9.17. The Morgan fingerprint density at radius 3 is 1.67 bits per heavy atom. The van der Waals surface area contributed by atoms with Crippen molar-refractivity contribution >= 4 is 8.80 Å². The van der Waals surface area contributed by atoms with Crippen LogP contribution in [0, 0.1) is 0 Å². The third kappa shape index (κ3) is 16.5. The molecule has 0 heterocycles. The number of rotatable bonds is 20. The van der Waals surface area contributed by atoms with Crippen LogP contribution in [0.25, 0.3) is 0 Å². The molecule has 4 N–H and O–H groups in total. The lowest BCUT2D eigenvalue weighted by atomic mass is 10.4. The van der Waals surface area contributed by atoms with Gasteiger partial charge in [-0.05, 0) is 0 Å². The quantitative estimate of drug-likeness (QED) is 0.141. The summed E-state index contributed by atoms with van der Waals surface area (Å²) in [6.45, 7) is 6.05. The maximum atomic E-state index is 9.70. The van der Waals surface area contributed by atoms with Gasteiger partial charge in [-0.1, -0.05) is 13.8 Å². The van der Waals surface area contributed by atoms with Crippen molar-refractivity contribution in [2.75, 3.05) is 79.3 Å². The molecular formula is C16H36O10Si. The average molecular weight is 417 g/mol. The van der Waals surface area contributed by atoms with Crippen molar-refractivity contribution in [1.29, 1.82) is 0 Å². The first kappa shape index (κ1) is 26.8. The lowest BCUT2D eigenvalue weighted by molar-refractivity contribution is -0.0830. The molecule has 0 aliphatic heterocycles. The third-order valence-electron chi connectivity index (χ3n) is 3.33. The normalized spacial score (nSPS) is 13.4. The summed E-state index contributed by atoms with van der Waals surface area (Å²) in [4.78, 5) is 19.4. The van der Waals surface area contributed by atoms with Gasteiger partial charge in [-0.25, -0.2) is 0 Å². The Balaban J connectivity index is 3.98. The van der Waals surface area contributed by atoms with Crippen molar-refractivity contribution in [3.05, 3.63) is 0 Å². The molecule has 0 radical (unpaired) electrons. The Morgan fingerprint density at radius 2 is 1.15 bits per heavy atom. The monoisotopic (exact) mass is 416 g/mol. The van der Waals surface area contributed by atoms with E-state index in [2.05, 4.69) is 0 Å². The van der Waals surface area contributed by atoms with Crippen molar-refractivity contribution in [2.24, 2.45) is 0 Å². The second-order valence-corrected chi connectivity index (χ2v) is 8.74. The molecule has 0 aliphatic carbocycles. The smallest absolute Gasteiger partial charge is 0.394 e. The van der Waals surface area contributed by atoms with Crippen molar-refractivity contribution < 1.29 is 47.9 Å². The van der Waals surface area contributed by atoms with Gasteiger partial charge in [0.05, 0.1) is 79.3 Å². The Bertz CT molecular complexity index is 320. The van der Waals surface area contributed by atoms with Gasteiger partial charge < -0.3 is 47.9 Å². The summed E-state index contributed by atoms with van der Waals surface area (Å²) < 4.78 is 31.9. The number of aliphatic hydroxyl groups excluding tert-OH is 2. The summed E-state index contributed by atoms with van der Waals surface area (Å²) in [5.74, 6) is 0. The molecule has 0 saturated heterocycles. The molecule has 1 unspecified atom stereocenters. The van der Waals surface area contributed by atoms with Crippen molar-refractivity contribution in [2.45, 2.75) is 25.5 Å². The second kappa shape index (κ2) is 17.9. The number of aliphatic hydroxyl groups is 2. The van der Waals surface area contributed by atoms with E-state index >= 15 is 0 Å². The van der Waals surface area contributed by atoms with Crippen LogP contribution in [0.4, 0.5) is 0 Å². The molecule has 164 valence electrons. The fraction of sp³-hybridized carbons (Fsp3) is 1.00. The minimum Gasteiger partial charge on any atom is -0.394 e. The zero-order chi connectivity index (χ0) is 20.4. The van der Waals surface area contributed by atoms with Crippen LogP contribution >= 0.6 is 0 Å². The zero-order valence-electron chi connectivity index (χ0n) is 16.4. The Kier molecular flexibility index (Phi) is 17.8. The van der Waals surface area contributed by atoms with Crippen molar-refractivity contribution in [1.82, 2.24) is 0 Å². The molecule has 0 spiro atoms. The topological polar surface area (TPSA) is 136 Å². The summed E-state index contributed by atoms with van der Waals surface area (Å²) in [5, 5.41) is 17.3. The van der Waals surface area contributed by atoms with Crippen LogP contribution < -0.4 is 0 Å². The molecule has 1 atom stereocenters. The standard InChI is InChI=1S/C16H36O10Si/c1-15(2)27(19,20)26-12-10-24-14-16(25-11-9-22-6-4-18)13-23-8-7-21-5-3-17/h15-20H,3-14H2,1-2H3. The molecule has 0 aromatic rings. The molecule has 0 saturated carbocycles. The molecule has 0 rings (SSSR count). The summed E-state index contributed by atoms with van der Waals surface area (Å²) in [7, 11) is -3.63. The molecule has 0 aliphatic rings. The van der Waals surface area contributed by atoms with Gasteiger partial charge in [0.15, 0.2) is 0 Å². The Hall–Kier alpha value is -0.183. The fourth-order valence-corrected chi connectivity index (χ4v) is 2.43. The van der Waals surface area contributed by atoms with E-state index in [4.69, 9.17) is 38.3 Å². The predicted molar refractivity (Wildman–Crippen MR) is 98.4 cm³/mol. The van der Waals surface area contributed by atoms with E-state index < -0.39 is 8.80 Å². The minimum absolute atomic E-state index is 0.0296. The van der Waals surface area contributed by atoms with E-state index in [0.717, 1.165) is 0 Å². The molecule has 0 amide bonds. The van der Waals surface area contributed by atoms with E-state index in [9.17, 15) is 9.59 Å². The van der Waals surface area contributed by atoms with Gasteiger partial charge in [-0.2, -0.15) is 0 Å². The molecule has 0 fully saturated rings. The second-order valence-electron chi connectivity index (χ2n) is 5.98. The van der Waals surface area contributed by atoms with Crippen LogP contribution in [0.2, 0.25) is 5.54 Å². The molecule has 10 nitrogen and oxygen atoms in total. The fourth-order valence-electron chi connectivity index (χ4n) is 1.72. The lowest BCUT2D eigenvalue weighted by Gasteiger charge is -2.22. The van der Waals surface area contributed by atoms with Crippen LogP contribution in [-0.4, -0.2) is 114 Å². The molecule has 27 heavy (non-hydrogen) atoms. The van der Waals surface area contributed by atoms with Crippen molar-refractivity contribution in [3.8, 4) is 0 Å². The van der Waals surface area contributed by atoms with Gasteiger partial charge in [-0.3, -0.25) is 0 Å². The van der Waals surface area contributed by atoms with Crippen LogP contribution in [0.3, 0.4) is 0 Å². The van der Waals surface area contributed by atoms with Gasteiger partial charge in [0.1, 0.15) is 6.10 Å². The van der Waals surface area contributed by atoms with Gasteiger partial charge >= 0.3 is 8.80 Å². The highest BCUT2D eigenvalue weighted by Gasteiger charge is 2.36. The molecular weight excluding hydrogens is 380 g/mol. The maximum absolute atomic E-state index is 9.70.